The van der Waals surface area contributed by atoms with Gasteiger partial charge in [0.25, 0.3) is 0 Å². The van der Waals surface area contributed by atoms with E-state index in [1.54, 1.807) is 0 Å². The van der Waals surface area contributed by atoms with Crippen LogP contribution in [-0.2, 0) is 0 Å². The molecule has 0 saturated heterocycles. The lowest BCUT2D eigenvalue weighted by Crippen LogP contribution is -2.07. The van der Waals surface area contributed by atoms with E-state index in [0.717, 1.165) is 11.4 Å². The van der Waals surface area contributed by atoms with Crippen molar-refractivity contribution in [1.29, 1.82) is 0 Å². The van der Waals surface area contributed by atoms with Crippen molar-refractivity contribution in [1.82, 2.24) is 0 Å². The van der Waals surface area contributed by atoms with Crippen LogP contribution in [0.5, 0.6) is 5.75 Å². The zero-order valence-electron chi connectivity index (χ0n) is 8.41. The van der Waals surface area contributed by atoms with Crippen molar-refractivity contribution in [3.63, 3.8) is 0 Å². The lowest BCUT2D eigenvalue weighted by atomic mass is 10.0. The number of hydrogen-bond donors (Lipinski definition) is 0. The summed E-state index contributed by atoms with van der Waals surface area (Å²) in [7, 11) is 0.659. The maximum Gasteiger partial charge on any atom is 0.122 e. The SMILES string of the molecule is c1ccc(OPC2CCCCC2)cc1. The molecule has 2 rings (SSSR count). The van der Waals surface area contributed by atoms with Crippen LogP contribution in [0.3, 0.4) is 0 Å². The van der Waals surface area contributed by atoms with E-state index in [9.17, 15) is 0 Å². The minimum atomic E-state index is 0.659. The fourth-order valence-electron chi connectivity index (χ4n) is 1.86. The first-order valence-corrected chi connectivity index (χ1v) is 6.41. The fraction of sp³-hybridized carbons (Fsp3) is 0.500. The summed E-state index contributed by atoms with van der Waals surface area (Å²) in [5, 5.41) is 0. The van der Waals surface area contributed by atoms with Crippen LogP contribution >= 0.6 is 8.81 Å². The highest BCUT2D eigenvalue weighted by molar-refractivity contribution is 7.33. The number of benzene rings is 1. The van der Waals surface area contributed by atoms with Gasteiger partial charge in [-0.05, 0) is 25.0 Å². The molecular formula is C12H17OP. The summed E-state index contributed by atoms with van der Waals surface area (Å²) in [5.41, 5.74) is 0.823. The van der Waals surface area contributed by atoms with Gasteiger partial charge in [-0.25, -0.2) is 0 Å². The number of para-hydroxylation sites is 1. The van der Waals surface area contributed by atoms with E-state index < -0.39 is 0 Å². The fourth-order valence-corrected chi connectivity index (χ4v) is 2.94. The maximum absolute atomic E-state index is 5.77. The highest BCUT2D eigenvalue weighted by atomic mass is 31.1. The second-order valence-electron chi connectivity index (χ2n) is 3.87. The molecule has 1 aromatic carbocycles. The van der Waals surface area contributed by atoms with Crippen molar-refractivity contribution < 1.29 is 4.52 Å². The molecule has 1 saturated carbocycles. The summed E-state index contributed by atoms with van der Waals surface area (Å²) in [5.74, 6) is 1.02. The normalized spacial score (nSPS) is 18.9. The van der Waals surface area contributed by atoms with Crippen molar-refractivity contribution in [3.05, 3.63) is 30.3 Å². The Kier molecular flexibility index (Phi) is 3.82. The molecule has 0 aliphatic heterocycles. The van der Waals surface area contributed by atoms with E-state index in [-0.39, 0.29) is 0 Å². The molecule has 2 heteroatoms. The van der Waals surface area contributed by atoms with E-state index in [1.807, 2.05) is 30.3 Å². The average molecular weight is 208 g/mol. The van der Waals surface area contributed by atoms with Gasteiger partial charge in [0.2, 0.25) is 0 Å². The second-order valence-corrected chi connectivity index (χ2v) is 5.12. The minimum Gasteiger partial charge on any atom is -0.477 e. The molecule has 0 aromatic heterocycles. The average Bonchev–Trinajstić information content (AvgIpc) is 2.29. The van der Waals surface area contributed by atoms with Crippen molar-refractivity contribution in [2.24, 2.45) is 0 Å². The van der Waals surface area contributed by atoms with Crippen LogP contribution in [0, 0.1) is 0 Å². The molecule has 0 heterocycles. The molecule has 1 nitrogen and oxygen atoms in total. The van der Waals surface area contributed by atoms with Crippen LogP contribution in [0.15, 0.2) is 30.3 Å². The van der Waals surface area contributed by atoms with Crippen molar-refractivity contribution >= 4 is 8.81 Å². The molecule has 14 heavy (non-hydrogen) atoms. The quantitative estimate of drug-likeness (QED) is 0.682. The van der Waals surface area contributed by atoms with Gasteiger partial charge in [0.05, 0.1) is 8.81 Å². The van der Waals surface area contributed by atoms with Gasteiger partial charge in [-0.3, -0.25) is 0 Å². The monoisotopic (exact) mass is 208 g/mol. The first-order chi connectivity index (χ1) is 6.95. The molecule has 76 valence electrons. The minimum absolute atomic E-state index is 0.659. The van der Waals surface area contributed by atoms with Crippen LogP contribution in [0.4, 0.5) is 0 Å². The Labute approximate surface area is 87.7 Å². The molecule has 1 unspecified atom stereocenters. The first kappa shape index (κ1) is 9.98. The van der Waals surface area contributed by atoms with Crippen LogP contribution < -0.4 is 4.52 Å². The molecule has 0 spiro atoms. The number of rotatable bonds is 3. The number of hydrogen-bond acceptors (Lipinski definition) is 1. The topological polar surface area (TPSA) is 9.23 Å². The molecule has 1 aliphatic rings. The zero-order chi connectivity index (χ0) is 9.64. The largest absolute Gasteiger partial charge is 0.477 e. The Morgan fingerprint density at radius 2 is 1.71 bits per heavy atom. The summed E-state index contributed by atoms with van der Waals surface area (Å²) >= 11 is 0. The van der Waals surface area contributed by atoms with Crippen molar-refractivity contribution in [3.8, 4) is 5.75 Å². The van der Waals surface area contributed by atoms with Gasteiger partial charge in [-0.15, -0.1) is 0 Å². The van der Waals surface area contributed by atoms with Gasteiger partial charge in [0, 0.05) is 5.66 Å². The van der Waals surface area contributed by atoms with E-state index in [2.05, 4.69) is 0 Å². The molecule has 0 amide bonds. The Bertz CT molecular complexity index is 254. The second kappa shape index (κ2) is 5.36. The van der Waals surface area contributed by atoms with Crippen molar-refractivity contribution in [2.45, 2.75) is 37.8 Å². The molecule has 0 bridgehead atoms. The van der Waals surface area contributed by atoms with E-state index in [4.69, 9.17) is 4.52 Å². The summed E-state index contributed by atoms with van der Waals surface area (Å²) in [6.07, 6.45) is 6.95. The van der Waals surface area contributed by atoms with Crippen LogP contribution in [-0.4, -0.2) is 5.66 Å². The van der Waals surface area contributed by atoms with Crippen LogP contribution in [0.25, 0.3) is 0 Å². The van der Waals surface area contributed by atoms with Crippen molar-refractivity contribution in [2.75, 3.05) is 0 Å². The van der Waals surface area contributed by atoms with Gasteiger partial charge in [-0.2, -0.15) is 0 Å². The van der Waals surface area contributed by atoms with Gasteiger partial charge >= 0.3 is 0 Å². The highest BCUT2D eigenvalue weighted by Gasteiger charge is 2.14. The van der Waals surface area contributed by atoms with E-state index in [1.165, 1.54) is 32.1 Å². The lowest BCUT2D eigenvalue weighted by Gasteiger charge is -2.21. The first-order valence-electron chi connectivity index (χ1n) is 5.42. The third-order valence-electron chi connectivity index (χ3n) is 2.69. The van der Waals surface area contributed by atoms with E-state index >= 15 is 0 Å². The molecule has 0 radical (unpaired) electrons. The Morgan fingerprint density at radius 3 is 2.43 bits per heavy atom. The Hall–Kier alpha value is -0.550. The summed E-state index contributed by atoms with van der Waals surface area (Å²) in [6.45, 7) is 0. The third kappa shape index (κ3) is 2.99. The Balaban J connectivity index is 1.76. The molecule has 0 N–H and O–H groups in total. The maximum atomic E-state index is 5.77. The summed E-state index contributed by atoms with van der Waals surface area (Å²) < 4.78 is 5.77. The molecule has 1 atom stereocenters. The summed E-state index contributed by atoms with van der Waals surface area (Å²) in [4.78, 5) is 0. The highest BCUT2D eigenvalue weighted by Crippen LogP contribution is 2.34. The summed E-state index contributed by atoms with van der Waals surface area (Å²) in [6, 6.07) is 10.2. The van der Waals surface area contributed by atoms with Gasteiger partial charge in [0.15, 0.2) is 0 Å². The van der Waals surface area contributed by atoms with Gasteiger partial charge < -0.3 is 4.52 Å². The Morgan fingerprint density at radius 1 is 1.00 bits per heavy atom. The predicted molar refractivity (Wildman–Crippen MR) is 62.3 cm³/mol. The van der Waals surface area contributed by atoms with Crippen LogP contribution in [0.2, 0.25) is 0 Å². The molecular weight excluding hydrogens is 191 g/mol. The molecule has 1 fully saturated rings. The third-order valence-corrected chi connectivity index (χ3v) is 3.96. The van der Waals surface area contributed by atoms with Gasteiger partial charge in [-0.1, -0.05) is 37.5 Å². The molecule has 1 aromatic rings. The van der Waals surface area contributed by atoms with Gasteiger partial charge in [0.1, 0.15) is 5.75 Å². The molecule has 1 aliphatic carbocycles. The standard InChI is InChI=1S/C12H17OP/c1-3-7-11(8-4-1)13-14-12-9-5-2-6-10-12/h1,3-4,7-8,12,14H,2,5-6,9-10H2. The van der Waals surface area contributed by atoms with E-state index in [0.29, 0.717) is 8.81 Å². The zero-order valence-corrected chi connectivity index (χ0v) is 9.41. The predicted octanol–water partition coefficient (Wildman–Crippen LogP) is 3.99. The lowest BCUT2D eigenvalue weighted by molar-refractivity contribution is 0.494. The smallest absolute Gasteiger partial charge is 0.122 e. The van der Waals surface area contributed by atoms with Crippen LogP contribution in [0.1, 0.15) is 32.1 Å².